The van der Waals surface area contributed by atoms with Gasteiger partial charge in [0.15, 0.2) is 0 Å². The number of aromatic nitrogens is 3. The van der Waals surface area contributed by atoms with Crippen LogP contribution >= 0.6 is 11.8 Å². The van der Waals surface area contributed by atoms with Crippen LogP contribution in [0, 0.1) is 0 Å². The summed E-state index contributed by atoms with van der Waals surface area (Å²) < 4.78 is 39.2. The molecule has 1 aromatic heterocycles. The van der Waals surface area contributed by atoms with Crippen molar-refractivity contribution in [2.75, 3.05) is 16.5 Å². The number of nitrogens with zero attached hydrogens (tertiary/aromatic N) is 4. The maximum absolute atomic E-state index is 13.1. The zero-order chi connectivity index (χ0) is 20.9. The number of nitrogens with two attached hydrogens (primary N) is 1. The summed E-state index contributed by atoms with van der Waals surface area (Å²) in [5.41, 5.74) is 5.24. The Morgan fingerprint density at radius 1 is 1.21 bits per heavy atom. The molecule has 7 nitrogen and oxygen atoms in total. The smallest absolute Gasteiger partial charge is 0.368 e. The molecule has 0 saturated heterocycles. The third kappa shape index (κ3) is 5.57. The average Bonchev–Trinajstić information content (AvgIpc) is 3.12. The zero-order valence-electron chi connectivity index (χ0n) is 14.8. The average molecular weight is 420 g/mol. The minimum Gasteiger partial charge on any atom is -0.368 e. The van der Waals surface area contributed by atoms with Gasteiger partial charge in [-0.05, 0) is 23.8 Å². The minimum absolute atomic E-state index is 0.00731. The number of hydrogen-bond acceptors (Lipinski definition) is 6. The molecule has 0 saturated carbocycles. The van der Waals surface area contributed by atoms with E-state index < -0.39 is 17.6 Å². The highest BCUT2D eigenvalue weighted by molar-refractivity contribution is 7.99. The Hall–Kier alpha value is -3.34. The fraction of sp³-hybridized carbons (Fsp3) is 0.111. The summed E-state index contributed by atoms with van der Waals surface area (Å²) in [5.74, 6) is -0.610. The fourth-order valence-corrected chi connectivity index (χ4v) is 2.91. The van der Waals surface area contributed by atoms with Crippen LogP contribution in [0.1, 0.15) is 11.1 Å². The molecule has 0 spiro atoms. The number of anilines is 2. The van der Waals surface area contributed by atoms with E-state index in [0.717, 1.165) is 28.9 Å². The monoisotopic (exact) mass is 420 g/mol. The molecule has 0 aliphatic carbocycles. The molecule has 2 aromatic carbocycles. The van der Waals surface area contributed by atoms with E-state index in [9.17, 15) is 18.0 Å². The number of amides is 1. The van der Waals surface area contributed by atoms with Crippen LogP contribution in [0.3, 0.4) is 0 Å². The van der Waals surface area contributed by atoms with Crippen LogP contribution in [0.4, 0.5) is 24.8 Å². The van der Waals surface area contributed by atoms with Gasteiger partial charge in [-0.1, -0.05) is 48.2 Å². The fourth-order valence-electron chi connectivity index (χ4n) is 2.26. The van der Waals surface area contributed by atoms with Gasteiger partial charge in [-0.15, -0.1) is 5.10 Å². The molecule has 3 N–H and O–H groups in total. The SMILES string of the molecule is Nc1nc(SCC(=O)N(/N=C/c2ccccc2)c2cccc(C(F)(F)F)c2)n[nH]1. The van der Waals surface area contributed by atoms with Crippen molar-refractivity contribution >= 4 is 35.5 Å². The molecular formula is C18H15F3N6OS. The van der Waals surface area contributed by atoms with E-state index in [-0.39, 0.29) is 22.5 Å². The van der Waals surface area contributed by atoms with Gasteiger partial charge in [0.2, 0.25) is 11.1 Å². The highest BCUT2D eigenvalue weighted by Crippen LogP contribution is 2.32. The highest BCUT2D eigenvalue weighted by Gasteiger charge is 2.31. The molecule has 29 heavy (non-hydrogen) atoms. The third-order valence-electron chi connectivity index (χ3n) is 3.58. The van der Waals surface area contributed by atoms with Gasteiger partial charge in [0.05, 0.1) is 23.2 Å². The Morgan fingerprint density at radius 3 is 2.62 bits per heavy atom. The number of halogens is 3. The minimum atomic E-state index is -4.54. The number of carbonyl (C=O) groups excluding carboxylic acids is 1. The molecule has 1 heterocycles. The number of carbonyl (C=O) groups is 1. The number of aromatic amines is 1. The van der Waals surface area contributed by atoms with E-state index in [1.165, 1.54) is 18.3 Å². The Balaban J connectivity index is 1.86. The first-order valence-corrected chi connectivity index (χ1v) is 9.21. The van der Waals surface area contributed by atoms with Crippen LogP contribution in [0.2, 0.25) is 0 Å². The van der Waals surface area contributed by atoms with E-state index in [4.69, 9.17) is 5.73 Å². The van der Waals surface area contributed by atoms with Crippen LogP contribution in [-0.2, 0) is 11.0 Å². The quantitative estimate of drug-likeness (QED) is 0.361. The Bertz CT molecular complexity index is 1010. The topological polar surface area (TPSA) is 100 Å². The summed E-state index contributed by atoms with van der Waals surface area (Å²) in [4.78, 5) is 16.6. The molecule has 0 radical (unpaired) electrons. The van der Waals surface area contributed by atoms with Crippen molar-refractivity contribution < 1.29 is 18.0 Å². The molecular weight excluding hydrogens is 405 g/mol. The maximum atomic E-state index is 13.1. The largest absolute Gasteiger partial charge is 0.416 e. The van der Waals surface area contributed by atoms with Gasteiger partial charge in [-0.2, -0.15) is 23.3 Å². The molecule has 11 heteroatoms. The van der Waals surface area contributed by atoms with Gasteiger partial charge in [0, 0.05) is 0 Å². The summed E-state index contributed by atoms with van der Waals surface area (Å²) >= 11 is 0.983. The second kappa shape index (κ2) is 8.78. The predicted octanol–water partition coefficient (Wildman–Crippen LogP) is 3.57. The van der Waals surface area contributed by atoms with Crippen molar-refractivity contribution in [3.05, 3.63) is 65.7 Å². The van der Waals surface area contributed by atoms with Crippen LogP contribution in [0.15, 0.2) is 64.9 Å². The van der Waals surface area contributed by atoms with Gasteiger partial charge >= 0.3 is 6.18 Å². The third-order valence-corrected chi connectivity index (χ3v) is 4.42. The number of rotatable bonds is 6. The molecule has 150 valence electrons. The molecule has 0 fully saturated rings. The van der Waals surface area contributed by atoms with E-state index in [1.807, 2.05) is 6.07 Å². The Labute approximate surface area is 167 Å². The van der Waals surface area contributed by atoms with Crippen molar-refractivity contribution in [3.63, 3.8) is 0 Å². The lowest BCUT2D eigenvalue weighted by Crippen LogP contribution is -2.27. The van der Waals surface area contributed by atoms with Crippen molar-refractivity contribution in [2.24, 2.45) is 5.10 Å². The molecule has 0 aliphatic heterocycles. The molecule has 0 unspecified atom stereocenters. The van der Waals surface area contributed by atoms with Crippen molar-refractivity contribution in [3.8, 4) is 0 Å². The van der Waals surface area contributed by atoms with E-state index in [2.05, 4.69) is 20.3 Å². The Kier molecular flexibility index (Phi) is 6.17. The molecule has 3 aromatic rings. The number of thioether (sulfide) groups is 1. The van der Waals surface area contributed by atoms with Gasteiger partial charge in [0.1, 0.15) is 0 Å². The normalized spacial score (nSPS) is 11.7. The number of H-pyrrole nitrogens is 1. The lowest BCUT2D eigenvalue weighted by molar-refractivity contribution is -0.137. The van der Waals surface area contributed by atoms with E-state index >= 15 is 0 Å². The second-order valence-corrected chi connectivity index (χ2v) is 6.64. The van der Waals surface area contributed by atoms with Gasteiger partial charge in [-0.3, -0.25) is 4.79 Å². The number of nitrogen functional groups attached to an aromatic ring is 1. The van der Waals surface area contributed by atoms with Crippen molar-refractivity contribution in [2.45, 2.75) is 11.3 Å². The standard InChI is InChI=1S/C18H15F3N6OS/c19-18(20,21)13-7-4-8-14(9-13)27(23-10-12-5-2-1-3-6-12)15(28)11-29-17-24-16(22)25-26-17/h1-10H,11H2,(H3,22,24,25,26)/b23-10+. The summed E-state index contributed by atoms with van der Waals surface area (Å²) in [6.07, 6.45) is -3.15. The molecule has 0 atom stereocenters. The van der Waals surface area contributed by atoms with Crippen LogP contribution in [0.5, 0.6) is 0 Å². The summed E-state index contributed by atoms with van der Waals surface area (Å²) in [5, 5.41) is 11.5. The lowest BCUT2D eigenvalue weighted by Gasteiger charge is -2.18. The first kappa shape index (κ1) is 20.4. The summed E-state index contributed by atoms with van der Waals surface area (Å²) in [6.45, 7) is 0. The number of nitrogens with one attached hydrogen (secondary N) is 1. The van der Waals surface area contributed by atoms with Gasteiger partial charge in [0.25, 0.3) is 5.91 Å². The number of hydrazone groups is 1. The van der Waals surface area contributed by atoms with Crippen molar-refractivity contribution in [1.29, 1.82) is 0 Å². The van der Waals surface area contributed by atoms with Crippen LogP contribution in [-0.4, -0.2) is 33.1 Å². The maximum Gasteiger partial charge on any atom is 0.416 e. The summed E-state index contributed by atoms with van der Waals surface area (Å²) in [6, 6.07) is 13.3. The second-order valence-electron chi connectivity index (χ2n) is 5.70. The molecule has 1 amide bonds. The number of benzene rings is 2. The first-order valence-electron chi connectivity index (χ1n) is 8.23. The number of hydrogen-bond donors (Lipinski definition) is 2. The first-order chi connectivity index (χ1) is 13.8. The predicted molar refractivity (Wildman–Crippen MR) is 104 cm³/mol. The Morgan fingerprint density at radius 2 is 1.97 bits per heavy atom. The van der Waals surface area contributed by atoms with E-state index in [0.29, 0.717) is 5.56 Å². The van der Waals surface area contributed by atoms with Crippen molar-refractivity contribution in [1.82, 2.24) is 15.2 Å². The van der Waals surface area contributed by atoms with Gasteiger partial charge < -0.3 is 5.73 Å². The van der Waals surface area contributed by atoms with Gasteiger partial charge in [-0.25, -0.2) is 10.1 Å². The highest BCUT2D eigenvalue weighted by atomic mass is 32.2. The van der Waals surface area contributed by atoms with Crippen LogP contribution < -0.4 is 10.7 Å². The molecule has 0 bridgehead atoms. The molecule has 3 rings (SSSR count). The van der Waals surface area contributed by atoms with E-state index in [1.54, 1.807) is 24.3 Å². The van der Waals surface area contributed by atoms with Crippen LogP contribution in [0.25, 0.3) is 0 Å². The summed E-state index contributed by atoms with van der Waals surface area (Å²) in [7, 11) is 0. The zero-order valence-corrected chi connectivity index (χ0v) is 15.6. The molecule has 0 aliphatic rings. The lowest BCUT2D eigenvalue weighted by atomic mass is 10.2. The number of alkyl halides is 3.